The Morgan fingerprint density at radius 1 is 1.56 bits per heavy atom. The Morgan fingerprint density at radius 2 is 2.31 bits per heavy atom. The van der Waals surface area contributed by atoms with Gasteiger partial charge in [0.2, 0.25) is 5.91 Å². The van der Waals surface area contributed by atoms with E-state index in [-0.39, 0.29) is 12.3 Å². The summed E-state index contributed by atoms with van der Waals surface area (Å²) in [6.07, 6.45) is 2.10. The molecule has 1 unspecified atom stereocenters. The number of carboxylic acid groups (broad SMARTS) is 1. The molecule has 0 fully saturated rings. The highest BCUT2D eigenvalue weighted by Gasteiger charge is 2.12. The lowest BCUT2D eigenvalue weighted by atomic mass is 10.1. The normalized spacial score (nSPS) is 12.1. The zero-order valence-corrected chi connectivity index (χ0v) is 9.10. The summed E-state index contributed by atoms with van der Waals surface area (Å²) in [6, 6.07) is 3.51. The van der Waals surface area contributed by atoms with Crippen LogP contribution in [0.25, 0.3) is 0 Å². The smallest absolute Gasteiger partial charge is 0.306 e. The van der Waals surface area contributed by atoms with Gasteiger partial charge in [-0.1, -0.05) is 6.92 Å². The number of carbonyl (C=O) groups excluding carboxylic acids is 1. The number of carboxylic acids is 1. The van der Waals surface area contributed by atoms with E-state index in [1.54, 1.807) is 19.1 Å². The Balaban J connectivity index is 2.19. The third-order valence-electron chi connectivity index (χ3n) is 2.27. The van der Waals surface area contributed by atoms with E-state index < -0.39 is 11.9 Å². The second kappa shape index (κ2) is 5.95. The van der Waals surface area contributed by atoms with Crippen LogP contribution in [-0.2, 0) is 16.1 Å². The van der Waals surface area contributed by atoms with E-state index in [0.717, 1.165) is 0 Å². The summed E-state index contributed by atoms with van der Waals surface area (Å²) in [5.41, 5.74) is 0. The predicted octanol–water partition coefficient (Wildman–Crippen LogP) is 1.40. The van der Waals surface area contributed by atoms with Gasteiger partial charge in [-0.25, -0.2) is 0 Å². The van der Waals surface area contributed by atoms with Crippen LogP contribution in [0, 0.1) is 5.92 Å². The SMILES string of the molecule is CC(CCC(=O)NCc1ccco1)C(=O)O. The van der Waals surface area contributed by atoms with Crippen molar-refractivity contribution in [2.24, 2.45) is 5.92 Å². The maximum absolute atomic E-state index is 11.3. The topological polar surface area (TPSA) is 79.5 Å². The molecule has 2 N–H and O–H groups in total. The van der Waals surface area contributed by atoms with Gasteiger partial charge in [0, 0.05) is 6.42 Å². The summed E-state index contributed by atoms with van der Waals surface area (Å²) in [6.45, 7) is 1.93. The molecule has 1 atom stereocenters. The highest BCUT2D eigenvalue weighted by atomic mass is 16.4. The van der Waals surface area contributed by atoms with Crippen LogP contribution in [0.5, 0.6) is 0 Å². The summed E-state index contributed by atoms with van der Waals surface area (Å²) in [4.78, 5) is 21.8. The van der Waals surface area contributed by atoms with Crippen LogP contribution in [-0.4, -0.2) is 17.0 Å². The fourth-order valence-electron chi connectivity index (χ4n) is 1.16. The minimum Gasteiger partial charge on any atom is -0.481 e. The molecule has 5 heteroatoms. The summed E-state index contributed by atoms with van der Waals surface area (Å²) in [5, 5.41) is 11.3. The number of rotatable bonds is 6. The Labute approximate surface area is 93.4 Å². The van der Waals surface area contributed by atoms with Crippen molar-refractivity contribution in [3.05, 3.63) is 24.2 Å². The molecule has 0 bridgehead atoms. The van der Waals surface area contributed by atoms with E-state index in [0.29, 0.717) is 18.7 Å². The van der Waals surface area contributed by atoms with Crippen LogP contribution in [0.4, 0.5) is 0 Å². The fraction of sp³-hybridized carbons (Fsp3) is 0.455. The van der Waals surface area contributed by atoms with Crippen molar-refractivity contribution >= 4 is 11.9 Å². The van der Waals surface area contributed by atoms with Gasteiger partial charge >= 0.3 is 5.97 Å². The first-order valence-electron chi connectivity index (χ1n) is 5.11. The fourth-order valence-corrected chi connectivity index (χ4v) is 1.16. The Hall–Kier alpha value is -1.78. The molecule has 1 amide bonds. The number of hydrogen-bond acceptors (Lipinski definition) is 3. The van der Waals surface area contributed by atoms with Crippen LogP contribution in [0.2, 0.25) is 0 Å². The van der Waals surface area contributed by atoms with E-state index in [2.05, 4.69) is 5.32 Å². The van der Waals surface area contributed by atoms with Crippen LogP contribution in [0.15, 0.2) is 22.8 Å². The second-order valence-electron chi connectivity index (χ2n) is 3.63. The van der Waals surface area contributed by atoms with Crippen molar-refractivity contribution in [3.63, 3.8) is 0 Å². The van der Waals surface area contributed by atoms with Crippen molar-refractivity contribution in [2.45, 2.75) is 26.3 Å². The Morgan fingerprint density at radius 3 is 2.88 bits per heavy atom. The van der Waals surface area contributed by atoms with E-state index in [4.69, 9.17) is 9.52 Å². The maximum atomic E-state index is 11.3. The van der Waals surface area contributed by atoms with Crippen molar-refractivity contribution in [1.29, 1.82) is 0 Å². The first-order valence-corrected chi connectivity index (χ1v) is 5.11. The maximum Gasteiger partial charge on any atom is 0.306 e. The van der Waals surface area contributed by atoms with Crippen molar-refractivity contribution < 1.29 is 19.1 Å². The first kappa shape index (κ1) is 12.3. The highest BCUT2D eigenvalue weighted by Crippen LogP contribution is 2.05. The molecular formula is C11H15NO4. The molecule has 0 radical (unpaired) electrons. The third-order valence-corrected chi connectivity index (χ3v) is 2.27. The van der Waals surface area contributed by atoms with E-state index in [1.165, 1.54) is 6.26 Å². The Kier molecular flexibility index (Phi) is 4.57. The molecule has 0 aliphatic heterocycles. The minimum atomic E-state index is -0.876. The van der Waals surface area contributed by atoms with Gasteiger partial charge in [-0.3, -0.25) is 9.59 Å². The molecule has 0 aromatic carbocycles. The predicted molar refractivity (Wildman–Crippen MR) is 56.6 cm³/mol. The molecule has 0 spiro atoms. The number of carbonyl (C=O) groups is 2. The van der Waals surface area contributed by atoms with Gasteiger partial charge in [0.05, 0.1) is 18.7 Å². The molecule has 0 saturated heterocycles. The number of aliphatic carboxylic acids is 1. The zero-order valence-electron chi connectivity index (χ0n) is 9.10. The number of amides is 1. The zero-order chi connectivity index (χ0) is 12.0. The minimum absolute atomic E-state index is 0.162. The molecule has 1 aromatic heterocycles. The molecule has 1 aromatic rings. The monoisotopic (exact) mass is 225 g/mol. The first-order chi connectivity index (χ1) is 7.59. The molecule has 16 heavy (non-hydrogen) atoms. The molecular weight excluding hydrogens is 210 g/mol. The quantitative estimate of drug-likeness (QED) is 0.766. The van der Waals surface area contributed by atoms with Crippen LogP contribution in [0.1, 0.15) is 25.5 Å². The average Bonchev–Trinajstić information content (AvgIpc) is 2.75. The number of nitrogens with one attached hydrogen (secondary N) is 1. The average molecular weight is 225 g/mol. The molecule has 0 aliphatic rings. The van der Waals surface area contributed by atoms with Gasteiger partial charge < -0.3 is 14.8 Å². The molecule has 1 heterocycles. The Bertz CT molecular complexity index is 345. The molecule has 88 valence electrons. The van der Waals surface area contributed by atoms with Crippen LogP contribution in [0.3, 0.4) is 0 Å². The molecule has 0 saturated carbocycles. The summed E-state index contributed by atoms with van der Waals surface area (Å²) in [5.74, 6) is -0.850. The molecule has 0 aliphatic carbocycles. The van der Waals surface area contributed by atoms with Gasteiger partial charge in [-0.05, 0) is 18.6 Å². The van der Waals surface area contributed by atoms with Gasteiger partial charge in [-0.2, -0.15) is 0 Å². The van der Waals surface area contributed by atoms with Gasteiger partial charge in [0.15, 0.2) is 0 Å². The van der Waals surface area contributed by atoms with Gasteiger partial charge in [-0.15, -0.1) is 0 Å². The van der Waals surface area contributed by atoms with E-state index in [1.807, 2.05) is 0 Å². The number of hydrogen-bond donors (Lipinski definition) is 2. The number of furan rings is 1. The lowest BCUT2D eigenvalue weighted by molar-refractivity contribution is -0.141. The lowest BCUT2D eigenvalue weighted by Crippen LogP contribution is -2.23. The van der Waals surface area contributed by atoms with E-state index >= 15 is 0 Å². The van der Waals surface area contributed by atoms with Crippen molar-refractivity contribution in [1.82, 2.24) is 5.32 Å². The van der Waals surface area contributed by atoms with E-state index in [9.17, 15) is 9.59 Å². The highest BCUT2D eigenvalue weighted by molar-refractivity contribution is 5.77. The van der Waals surface area contributed by atoms with Crippen molar-refractivity contribution in [2.75, 3.05) is 0 Å². The summed E-state index contributed by atoms with van der Waals surface area (Å²) in [7, 11) is 0. The largest absolute Gasteiger partial charge is 0.481 e. The van der Waals surface area contributed by atoms with Gasteiger partial charge in [0.25, 0.3) is 0 Å². The van der Waals surface area contributed by atoms with Gasteiger partial charge in [0.1, 0.15) is 5.76 Å². The third kappa shape index (κ3) is 4.16. The summed E-state index contributed by atoms with van der Waals surface area (Å²) < 4.78 is 5.04. The standard InChI is InChI=1S/C11H15NO4/c1-8(11(14)15)4-5-10(13)12-7-9-3-2-6-16-9/h2-3,6,8H,4-5,7H2,1H3,(H,12,13)(H,14,15). The molecule has 5 nitrogen and oxygen atoms in total. The molecule has 1 rings (SSSR count). The van der Waals surface area contributed by atoms with Crippen LogP contribution < -0.4 is 5.32 Å². The van der Waals surface area contributed by atoms with Crippen molar-refractivity contribution in [3.8, 4) is 0 Å². The summed E-state index contributed by atoms with van der Waals surface area (Å²) >= 11 is 0. The lowest BCUT2D eigenvalue weighted by Gasteiger charge is -2.06. The van der Waals surface area contributed by atoms with Crippen LogP contribution >= 0.6 is 0 Å². The second-order valence-corrected chi connectivity index (χ2v) is 3.63.